The number of rotatable bonds is 5. The maximum absolute atomic E-state index is 14.5. The van der Waals surface area contributed by atoms with Gasteiger partial charge in [0.2, 0.25) is 0 Å². The van der Waals surface area contributed by atoms with Crippen molar-refractivity contribution in [3.8, 4) is 22.6 Å². The predicted molar refractivity (Wildman–Crippen MR) is 124 cm³/mol. The van der Waals surface area contributed by atoms with Gasteiger partial charge in [0.05, 0.1) is 18.4 Å². The number of fused-ring (bicyclic) bond motifs is 1. The van der Waals surface area contributed by atoms with Crippen molar-refractivity contribution in [1.82, 2.24) is 14.7 Å². The van der Waals surface area contributed by atoms with Crippen molar-refractivity contribution in [3.05, 3.63) is 64.2 Å². The minimum Gasteiger partial charge on any atom is -0.493 e. The molecule has 34 heavy (non-hydrogen) atoms. The maximum atomic E-state index is 14.5. The predicted octanol–water partition coefficient (Wildman–Crippen LogP) is 3.84. The van der Waals surface area contributed by atoms with E-state index >= 15 is 0 Å². The summed E-state index contributed by atoms with van der Waals surface area (Å²) in [6.07, 6.45) is 1.93. The molecule has 7 nitrogen and oxygen atoms in total. The van der Waals surface area contributed by atoms with E-state index in [1.54, 1.807) is 21.8 Å². The quantitative estimate of drug-likeness (QED) is 0.551. The summed E-state index contributed by atoms with van der Waals surface area (Å²) < 4.78 is 27.7. The average Bonchev–Trinajstić information content (AvgIpc) is 3.11. The van der Waals surface area contributed by atoms with Gasteiger partial charge in [-0.15, -0.1) is 0 Å². The second-order valence-electron chi connectivity index (χ2n) is 8.74. The van der Waals surface area contributed by atoms with Crippen molar-refractivity contribution in [2.24, 2.45) is 13.0 Å². The number of nitrogens with zero attached hydrogens (tertiary/aromatic N) is 3. The van der Waals surface area contributed by atoms with Gasteiger partial charge in [-0.2, -0.15) is 5.10 Å². The van der Waals surface area contributed by atoms with Crippen LogP contribution in [0.2, 0.25) is 5.02 Å². The molecule has 1 fully saturated rings. The highest BCUT2D eigenvalue weighted by Crippen LogP contribution is 2.35. The molecule has 3 aromatic rings. The first-order valence-electron chi connectivity index (χ1n) is 11.0. The lowest BCUT2D eigenvalue weighted by molar-refractivity contribution is -0.121. The van der Waals surface area contributed by atoms with Gasteiger partial charge in [0.15, 0.2) is 5.78 Å². The van der Waals surface area contributed by atoms with Crippen LogP contribution in [-0.4, -0.2) is 52.7 Å². The van der Waals surface area contributed by atoms with Crippen LogP contribution in [0.1, 0.15) is 21.6 Å². The number of hydrogen-bond donors (Lipinski definition) is 0. The summed E-state index contributed by atoms with van der Waals surface area (Å²) in [5.41, 5.74) is 3.30. The summed E-state index contributed by atoms with van der Waals surface area (Å²) in [4.78, 5) is 26.1. The number of benzene rings is 2. The summed E-state index contributed by atoms with van der Waals surface area (Å²) in [6.45, 7) is 3.24. The number of aryl methyl sites for hydroxylation is 1. The fourth-order valence-corrected chi connectivity index (χ4v) is 4.45. The van der Waals surface area contributed by atoms with Gasteiger partial charge in [-0.05, 0) is 31.2 Å². The third-order valence-electron chi connectivity index (χ3n) is 6.34. The van der Waals surface area contributed by atoms with E-state index < -0.39 is 11.7 Å². The van der Waals surface area contributed by atoms with Crippen molar-refractivity contribution >= 4 is 23.3 Å². The van der Waals surface area contributed by atoms with Crippen molar-refractivity contribution < 1.29 is 23.5 Å². The van der Waals surface area contributed by atoms with Crippen LogP contribution >= 0.6 is 11.6 Å². The fraction of sp³-hybridized carbons (Fsp3) is 0.320. The highest BCUT2D eigenvalue weighted by atomic mass is 35.5. The van der Waals surface area contributed by atoms with Gasteiger partial charge < -0.3 is 14.4 Å². The summed E-state index contributed by atoms with van der Waals surface area (Å²) >= 11 is 6.22. The number of Topliss-reactive ketones (excluding diaryl/α,β-unsaturated/α-hetero) is 1. The Morgan fingerprint density at radius 1 is 1.26 bits per heavy atom. The molecule has 0 N–H and O–H groups in total. The Labute approximate surface area is 201 Å². The smallest absolute Gasteiger partial charge is 0.256 e. The topological polar surface area (TPSA) is 73.7 Å². The largest absolute Gasteiger partial charge is 0.493 e. The Bertz CT molecular complexity index is 1300. The molecule has 0 bridgehead atoms. The number of ketones is 1. The van der Waals surface area contributed by atoms with E-state index in [9.17, 15) is 14.0 Å². The normalized spacial score (nSPS) is 15.5. The Morgan fingerprint density at radius 2 is 2.06 bits per heavy atom. The Balaban J connectivity index is 1.24. The number of carbonyl (C=O) groups excluding carboxylic acids is 2. The number of aromatic nitrogens is 2. The Morgan fingerprint density at radius 3 is 2.79 bits per heavy atom. The number of hydrogen-bond acceptors (Lipinski definition) is 5. The fourth-order valence-electron chi connectivity index (χ4n) is 4.28. The molecule has 5 rings (SSSR count). The highest BCUT2D eigenvalue weighted by molar-refractivity contribution is 6.31. The third-order valence-corrected chi connectivity index (χ3v) is 6.58. The molecule has 0 aliphatic carbocycles. The summed E-state index contributed by atoms with van der Waals surface area (Å²) in [7, 11) is 1.88. The van der Waals surface area contributed by atoms with Crippen LogP contribution in [0.25, 0.3) is 11.1 Å². The van der Waals surface area contributed by atoms with E-state index in [0.717, 1.165) is 16.8 Å². The molecule has 3 heterocycles. The summed E-state index contributed by atoms with van der Waals surface area (Å²) in [6, 6.07) is 8.08. The van der Waals surface area contributed by atoms with Crippen molar-refractivity contribution in [2.75, 3.05) is 26.3 Å². The molecule has 176 valence electrons. The third kappa shape index (κ3) is 4.14. The van der Waals surface area contributed by atoms with Crippen LogP contribution < -0.4 is 9.47 Å². The zero-order valence-corrected chi connectivity index (χ0v) is 19.6. The molecule has 0 unspecified atom stereocenters. The molecule has 2 aliphatic rings. The van der Waals surface area contributed by atoms with Crippen molar-refractivity contribution in [1.29, 1.82) is 0 Å². The molecule has 0 spiro atoms. The number of ether oxygens (including phenoxy) is 2. The number of halogens is 2. The molecule has 0 saturated carbocycles. The standard InChI is InChI=1S/C25H23ClFN3O4/c1-14-21(9-28-29(14)2)19-7-17(26)3-4-23(19)33-12-15-10-30(11-15)25(32)20-6-16-5-18(31)13-34-24(16)8-22(20)27/h3-4,6-9,15H,5,10-13H2,1-2H3. The second-order valence-corrected chi connectivity index (χ2v) is 9.18. The lowest BCUT2D eigenvalue weighted by Crippen LogP contribution is -2.52. The lowest BCUT2D eigenvalue weighted by Gasteiger charge is -2.39. The van der Waals surface area contributed by atoms with Crippen LogP contribution in [0.5, 0.6) is 11.5 Å². The zero-order chi connectivity index (χ0) is 24.0. The van der Waals surface area contributed by atoms with E-state index in [-0.39, 0.29) is 30.3 Å². The molecule has 0 radical (unpaired) electrons. The molecule has 2 aliphatic heterocycles. The van der Waals surface area contributed by atoms with Crippen LogP contribution in [0.15, 0.2) is 36.5 Å². The molecular formula is C25H23ClFN3O4. The van der Waals surface area contributed by atoms with Crippen LogP contribution in [-0.2, 0) is 18.3 Å². The second kappa shape index (κ2) is 8.76. The van der Waals surface area contributed by atoms with Gasteiger partial charge in [-0.1, -0.05) is 11.6 Å². The lowest BCUT2D eigenvalue weighted by atomic mass is 9.97. The number of likely N-dealkylation sites (tertiary alicyclic amines) is 1. The number of carbonyl (C=O) groups is 2. The first kappa shape index (κ1) is 22.4. The zero-order valence-electron chi connectivity index (χ0n) is 18.8. The SMILES string of the molecule is Cc1c(-c2cc(Cl)ccc2OCC2CN(C(=O)c3cc4c(cc3F)OCC(=O)C4)C2)cnn1C. The van der Waals surface area contributed by atoms with Crippen molar-refractivity contribution in [2.45, 2.75) is 13.3 Å². The van der Waals surface area contributed by atoms with Gasteiger partial charge in [0.1, 0.15) is 23.9 Å². The highest BCUT2D eigenvalue weighted by Gasteiger charge is 2.34. The van der Waals surface area contributed by atoms with Crippen molar-refractivity contribution in [3.63, 3.8) is 0 Å². The molecule has 1 amide bonds. The molecule has 9 heteroatoms. The molecular weight excluding hydrogens is 461 g/mol. The Hall–Kier alpha value is -3.39. The first-order chi connectivity index (χ1) is 16.3. The first-order valence-corrected chi connectivity index (χ1v) is 11.4. The average molecular weight is 484 g/mol. The maximum Gasteiger partial charge on any atom is 0.256 e. The van der Waals surface area contributed by atoms with E-state index in [1.807, 2.05) is 26.1 Å². The van der Waals surface area contributed by atoms with Crippen LogP contribution in [0, 0.1) is 18.7 Å². The molecule has 1 saturated heterocycles. The Kier molecular flexibility index (Phi) is 5.77. The molecule has 0 atom stereocenters. The van der Waals surface area contributed by atoms with E-state index in [0.29, 0.717) is 41.8 Å². The van der Waals surface area contributed by atoms with Gasteiger partial charge in [-0.25, -0.2) is 4.39 Å². The van der Waals surface area contributed by atoms with Crippen LogP contribution in [0.4, 0.5) is 4.39 Å². The van der Waals surface area contributed by atoms with Gasteiger partial charge in [0, 0.05) is 65.9 Å². The minimum absolute atomic E-state index is 0.0385. The molecule has 1 aromatic heterocycles. The van der Waals surface area contributed by atoms with E-state index in [1.165, 1.54) is 12.1 Å². The summed E-state index contributed by atoms with van der Waals surface area (Å²) in [5.74, 6) is -0.000179. The minimum atomic E-state index is -0.643. The van der Waals surface area contributed by atoms with E-state index in [4.69, 9.17) is 21.1 Å². The monoisotopic (exact) mass is 483 g/mol. The van der Waals surface area contributed by atoms with Crippen LogP contribution in [0.3, 0.4) is 0 Å². The van der Waals surface area contributed by atoms with E-state index in [2.05, 4.69) is 5.10 Å². The molecule has 2 aromatic carbocycles. The van der Waals surface area contributed by atoms with Gasteiger partial charge in [-0.3, -0.25) is 14.3 Å². The number of amides is 1. The van der Waals surface area contributed by atoms with Gasteiger partial charge in [0.25, 0.3) is 5.91 Å². The van der Waals surface area contributed by atoms with Gasteiger partial charge >= 0.3 is 0 Å². The summed E-state index contributed by atoms with van der Waals surface area (Å²) in [5, 5.41) is 4.90.